The molecule has 1 N–H and O–H groups in total. The van der Waals surface area contributed by atoms with Crippen molar-refractivity contribution in [1.82, 2.24) is 0 Å². The normalized spacial score (nSPS) is 11.1. The molecule has 9 heteroatoms. The number of carbonyl (C=O) groups is 1. The van der Waals surface area contributed by atoms with Gasteiger partial charge in [-0.3, -0.25) is 4.79 Å². The van der Waals surface area contributed by atoms with E-state index in [0.717, 1.165) is 40.9 Å². The van der Waals surface area contributed by atoms with Gasteiger partial charge >= 0.3 is 22.5 Å². The molecule has 2 rings (SSSR count). The average Bonchev–Trinajstić information content (AvgIpc) is 2.66. The summed E-state index contributed by atoms with van der Waals surface area (Å²) in [4.78, 5) is 11.4. The van der Waals surface area contributed by atoms with Crippen LogP contribution < -0.4 is 9.47 Å². The molecule has 33 heavy (non-hydrogen) atoms. The Balaban J connectivity index is 0.000000555. The van der Waals surface area contributed by atoms with E-state index in [4.69, 9.17) is 17.1 Å². The molecule has 0 amide bonds. The Hall–Kier alpha value is -0.751. The summed E-state index contributed by atoms with van der Waals surface area (Å²) in [5.41, 5.74) is 3.84. The van der Waals surface area contributed by atoms with Gasteiger partial charge in [0.15, 0.2) is 5.78 Å². The van der Waals surface area contributed by atoms with Gasteiger partial charge in [0, 0.05) is 12.7 Å². The second-order valence-corrected chi connectivity index (χ2v) is 10.4. The van der Waals surface area contributed by atoms with Crippen LogP contribution in [0.1, 0.15) is 74.7 Å². The van der Waals surface area contributed by atoms with Crippen LogP contribution in [0.25, 0.3) is 0 Å². The Morgan fingerprint density at radius 2 is 1.24 bits per heavy atom. The first-order chi connectivity index (χ1) is 15.2. The Morgan fingerprint density at radius 1 is 0.848 bits per heavy atom. The summed E-state index contributed by atoms with van der Waals surface area (Å²) in [6, 6.07) is 7.79. The molecule has 0 saturated carbocycles. The predicted molar refractivity (Wildman–Crippen MR) is 141 cm³/mol. The van der Waals surface area contributed by atoms with Gasteiger partial charge in [0.05, 0.1) is 18.3 Å². The predicted octanol–water partition coefficient (Wildman–Crippen LogP) is 6.79. The van der Waals surface area contributed by atoms with Crippen LogP contribution in [0.15, 0.2) is 24.3 Å². The van der Waals surface area contributed by atoms with Crippen molar-refractivity contribution in [2.45, 2.75) is 73.7 Å². The van der Waals surface area contributed by atoms with Crippen molar-refractivity contribution in [3.63, 3.8) is 0 Å². The van der Waals surface area contributed by atoms with E-state index in [2.05, 4.69) is 45.2 Å². The van der Waals surface area contributed by atoms with Crippen molar-refractivity contribution < 1.29 is 41.9 Å². The van der Waals surface area contributed by atoms with Crippen LogP contribution in [0.5, 0.6) is 11.5 Å². The van der Waals surface area contributed by atoms with Crippen LogP contribution in [0.4, 0.5) is 0 Å². The monoisotopic (exact) mass is 725 g/mol. The molecule has 0 fully saturated rings. The topological polar surface area (TPSA) is 89.9 Å². The van der Waals surface area contributed by atoms with Crippen LogP contribution in [0.2, 0.25) is 0 Å². The third kappa shape index (κ3) is 12.0. The SMILES string of the molecule is CC(=O)c1cc(OC(C)C)c(C)cc1I.Cc1cc(I)c(C(C)O)cc1OC(C)C.[O]=[Mn]=[O]. The molecule has 0 radical (unpaired) electrons. The number of rotatable bonds is 6. The number of aliphatic hydroxyl groups is 1. The van der Waals surface area contributed by atoms with Crippen LogP contribution in [-0.2, 0) is 22.5 Å². The summed E-state index contributed by atoms with van der Waals surface area (Å²) in [7, 11) is 0. The minimum atomic E-state index is -1.44. The number of benzene rings is 2. The number of halogens is 2. The zero-order valence-corrected chi connectivity index (χ0v) is 25.7. The van der Waals surface area contributed by atoms with E-state index >= 15 is 0 Å². The van der Waals surface area contributed by atoms with E-state index in [1.807, 2.05) is 65.8 Å². The van der Waals surface area contributed by atoms with Crippen molar-refractivity contribution in [2.24, 2.45) is 0 Å². The Labute approximate surface area is 230 Å². The molecule has 0 saturated heterocycles. The number of hydrogen-bond acceptors (Lipinski definition) is 6. The first-order valence-corrected chi connectivity index (χ1v) is 13.4. The number of carbonyl (C=O) groups excluding carboxylic acids is 1. The van der Waals surface area contributed by atoms with Crippen LogP contribution >= 0.6 is 45.2 Å². The quantitative estimate of drug-likeness (QED) is 0.201. The molecule has 0 aliphatic heterocycles. The molecule has 0 aliphatic rings. The Bertz CT molecular complexity index is 968. The summed E-state index contributed by atoms with van der Waals surface area (Å²) < 4.78 is 30.2. The fourth-order valence-corrected chi connectivity index (χ4v) is 4.75. The zero-order valence-electron chi connectivity index (χ0n) is 20.2. The number of ketones is 1. The molecule has 0 bridgehead atoms. The fraction of sp³-hybridized carbons (Fsp3) is 0.458. The molecule has 185 valence electrons. The van der Waals surface area contributed by atoms with E-state index in [-0.39, 0.29) is 18.0 Å². The van der Waals surface area contributed by atoms with Crippen molar-refractivity contribution >= 4 is 51.0 Å². The fourth-order valence-electron chi connectivity index (χ4n) is 2.67. The molecule has 2 aromatic rings. The first kappa shape index (κ1) is 32.2. The summed E-state index contributed by atoms with van der Waals surface area (Å²) >= 11 is 2.97. The van der Waals surface area contributed by atoms with Gasteiger partial charge in [0.1, 0.15) is 11.5 Å². The zero-order chi connectivity index (χ0) is 25.9. The van der Waals surface area contributed by atoms with Gasteiger partial charge in [0.2, 0.25) is 0 Å². The molecule has 2 aromatic carbocycles. The van der Waals surface area contributed by atoms with Crippen molar-refractivity contribution in [1.29, 1.82) is 0 Å². The standard InChI is InChI=1S/C12H17IO2.C12H15IO2.Mn.2O/c2*1-7(2)15-12-6-10(9(4)14)11(13)5-8(12)3;;;/h5-7,9,14H,1-4H3;5-7H,1-4H3;;;. The van der Waals surface area contributed by atoms with Gasteiger partial charge in [-0.15, -0.1) is 0 Å². The molecule has 0 aromatic heterocycles. The summed E-state index contributed by atoms with van der Waals surface area (Å²) in [6.07, 6.45) is -0.166. The van der Waals surface area contributed by atoms with Crippen LogP contribution in [0, 0.1) is 21.0 Å². The molecular formula is C24H32I2MnO6. The third-order valence-corrected chi connectivity index (χ3v) is 5.94. The van der Waals surface area contributed by atoms with Gasteiger partial charge in [-0.25, -0.2) is 0 Å². The molecule has 0 heterocycles. The van der Waals surface area contributed by atoms with Crippen LogP contribution in [-0.4, -0.2) is 23.1 Å². The minimum absolute atomic E-state index is 0.0769. The number of hydrogen-bond donors (Lipinski definition) is 1. The van der Waals surface area contributed by atoms with E-state index in [1.54, 1.807) is 13.8 Å². The number of aryl methyl sites for hydroxylation is 2. The first-order valence-electron chi connectivity index (χ1n) is 10.3. The summed E-state index contributed by atoms with van der Waals surface area (Å²) in [6.45, 7) is 15.3. The van der Waals surface area contributed by atoms with E-state index in [0.29, 0.717) is 0 Å². The Kier molecular flexibility index (Phi) is 15.7. The van der Waals surface area contributed by atoms with Gasteiger partial charge in [-0.1, -0.05) is 0 Å². The van der Waals surface area contributed by atoms with E-state index in [1.165, 1.54) is 0 Å². The van der Waals surface area contributed by atoms with Gasteiger partial charge in [-0.05, 0) is 142 Å². The maximum absolute atomic E-state index is 11.4. The van der Waals surface area contributed by atoms with Crippen molar-refractivity contribution in [3.8, 4) is 11.5 Å². The van der Waals surface area contributed by atoms with E-state index in [9.17, 15) is 9.90 Å². The second kappa shape index (κ2) is 16.0. The van der Waals surface area contributed by atoms with Crippen molar-refractivity contribution in [3.05, 3.63) is 53.7 Å². The van der Waals surface area contributed by atoms with Gasteiger partial charge in [-0.2, -0.15) is 0 Å². The number of ether oxygens (including phenoxy) is 2. The molecule has 1 atom stereocenters. The molecule has 0 aliphatic carbocycles. The van der Waals surface area contributed by atoms with Gasteiger partial charge in [0.25, 0.3) is 0 Å². The third-order valence-electron chi connectivity index (χ3n) is 4.11. The molecule has 1 unspecified atom stereocenters. The number of Topliss-reactive ketones (excluding diaryl/α,β-unsaturated/α-hetero) is 1. The summed E-state index contributed by atoms with van der Waals surface area (Å²) in [5.74, 6) is 1.74. The molecule has 6 nitrogen and oxygen atoms in total. The van der Waals surface area contributed by atoms with Crippen LogP contribution in [0.3, 0.4) is 0 Å². The molecular weight excluding hydrogens is 693 g/mol. The van der Waals surface area contributed by atoms with Gasteiger partial charge < -0.3 is 14.6 Å². The van der Waals surface area contributed by atoms with Crippen molar-refractivity contribution in [2.75, 3.05) is 0 Å². The Morgan fingerprint density at radius 3 is 1.61 bits per heavy atom. The average molecular weight is 725 g/mol. The number of aliphatic hydroxyl groups excluding tert-OH is 1. The molecule has 0 spiro atoms. The maximum atomic E-state index is 11.4. The summed E-state index contributed by atoms with van der Waals surface area (Å²) in [5, 5.41) is 9.59. The van der Waals surface area contributed by atoms with E-state index < -0.39 is 20.9 Å². The second-order valence-electron chi connectivity index (χ2n) is 7.87.